The SMILES string of the molecule is Cc1cc(NC(=O)N2CCC=C(F)C2)no1. The van der Waals surface area contributed by atoms with Crippen LogP contribution in [-0.4, -0.2) is 29.2 Å². The normalized spacial score (nSPS) is 15.9. The van der Waals surface area contributed by atoms with E-state index < -0.39 is 0 Å². The highest BCUT2D eigenvalue weighted by Crippen LogP contribution is 2.13. The maximum absolute atomic E-state index is 12.9. The van der Waals surface area contributed by atoms with Crippen molar-refractivity contribution in [1.82, 2.24) is 10.1 Å². The molecule has 0 spiro atoms. The fraction of sp³-hybridized carbons (Fsp3) is 0.400. The van der Waals surface area contributed by atoms with Crippen molar-refractivity contribution >= 4 is 11.8 Å². The van der Waals surface area contributed by atoms with Gasteiger partial charge in [0.2, 0.25) is 0 Å². The number of carbonyl (C=O) groups is 1. The molecule has 0 saturated heterocycles. The Labute approximate surface area is 91.9 Å². The Morgan fingerprint density at radius 3 is 3.12 bits per heavy atom. The van der Waals surface area contributed by atoms with Crippen molar-refractivity contribution < 1.29 is 13.7 Å². The zero-order valence-corrected chi connectivity index (χ0v) is 8.86. The third kappa shape index (κ3) is 2.39. The smallest absolute Gasteiger partial charge is 0.323 e. The summed E-state index contributed by atoms with van der Waals surface area (Å²) in [5, 5.41) is 6.17. The van der Waals surface area contributed by atoms with E-state index in [-0.39, 0.29) is 18.4 Å². The largest absolute Gasteiger partial charge is 0.360 e. The maximum Gasteiger partial charge on any atom is 0.323 e. The molecule has 2 rings (SSSR count). The number of rotatable bonds is 1. The number of nitrogens with one attached hydrogen (secondary N) is 1. The van der Waals surface area contributed by atoms with E-state index in [4.69, 9.17) is 4.52 Å². The van der Waals surface area contributed by atoms with Crippen molar-refractivity contribution in [2.45, 2.75) is 13.3 Å². The monoisotopic (exact) mass is 225 g/mol. The molecule has 1 aliphatic heterocycles. The topological polar surface area (TPSA) is 58.4 Å². The first-order chi connectivity index (χ1) is 7.65. The second-order valence-electron chi connectivity index (χ2n) is 3.61. The fourth-order valence-corrected chi connectivity index (χ4v) is 1.49. The van der Waals surface area contributed by atoms with Crippen LogP contribution in [0.1, 0.15) is 12.2 Å². The summed E-state index contributed by atoms with van der Waals surface area (Å²) in [6.07, 6.45) is 2.03. The van der Waals surface area contributed by atoms with Gasteiger partial charge in [-0.3, -0.25) is 5.32 Å². The first-order valence-corrected chi connectivity index (χ1v) is 4.99. The van der Waals surface area contributed by atoms with Gasteiger partial charge >= 0.3 is 6.03 Å². The van der Waals surface area contributed by atoms with Crippen LogP contribution in [0, 0.1) is 6.92 Å². The average molecular weight is 225 g/mol. The van der Waals surface area contributed by atoms with E-state index in [1.165, 1.54) is 11.0 Å². The molecule has 0 aromatic carbocycles. The van der Waals surface area contributed by atoms with E-state index in [0.29, 0.717) is 24.5 Å². The van der Waals surface area contributed by atoms with Crippen molar-refractivity contribution in [3.05, 3.63) is 23.7 Å². The first-order valence-electron chi connectivity index (χ1n) is 4.99. The number of amides is 2. The summed E-state index contributed by atoms with van der Waals surface area (Å²) >= 11 is 0. The van der Waals surface area contributed by atoms with Gasteiger partial charge in [-0.2, -0.15) is 0 Å². The summed E-state index contributed by atoms with van der Waals surface area (Å²) in [7, 11) is 0. The molecule has 0 radical (unpaired) electrons. The van der Waals surface area contributed by atoms with Crippen molar-refractivity contribution in [3.8, 4) is 0 Å². The number of halogens is 1. The van der Waals surface area contributed by atoms with Crippen molar-refractivity contribution in [1.29, 1.82) is 0 Å². The van der Waals surface area contributed by atoms with Gasteiger partial charge in [0.05, 0.1) is 6.54 Å². The molecule has 1 aliphatic rings. The van der Waals surface area contributed by atoms with Gasteiger partial charge in [0, 0.05) is 12.6 Å². The number of nitrogens with zero attached hydrogens (tertiary/aromatic N) is 2. The third-order valence-electron chi connectivity index (χ3n) is 2.26. The van der Waals surface area contributed by atoms with Gasteiger partial charge in [0.15, 0.2) is 5.82 Å². The van der Waals surface area contributed by atoms with Crippen molar-refractivity contribution in [2.75, 3.05) is 18.4 Å². The number of aryl methyl sites for hydroxylation is 1. The summed E-state index contributed by atoms with van der Waals surface area (Å²) in [6.45, 7) is 2.25. The Hall–Kier alpha value is -1.85. The molecule has 0 bridgehead atoms. The molecule has 6 heteroatoms. The predicted octanol–water partition coefficient (Wildman–Crippen LogP) is 2.07. The lowest BCUT2D eigenvalue weighted by atomic mass is 10.2. The molecule has 16 heavy (non-hydrogen) atoms. The van der Waals surface area contributed by atoms with E-state index in [2.05, 4.69) is 10.5 Å². The average Bonchev–Trinajstić information content (AvgIpc) is 2.64. The number of anilines is 1. The summed E-state index contributed by atoms with van der Waals surface area (Å²) in [5.74, 6) is 0.676. The van der Waals surface area contributed by atoms with Crippen molar-refractivity contribution in [3.63, 3.8) is 0 Å². The number of aromatic nitrogens is 1. The molecular weight excluding hydrogens is 213 g/mol. The molecular formula is C10H12FN3O2. The minimum atomic E-state index is -0.364. The molecule has 0 fully saturated rings. The van der Waals surface area contributed by atoms with Gasteiger partial charge in [0.25, 0.3) is 0 Å². The van der Waals surface area contributed by atoms with Gasteiger partial charge in [-0.05, 0) is 19.4 Å². The van der Waals surface area contributed by atoms with E-state index in [1.54, 1.807) is 13.0 Å². The first kappa shape index (κ1) is 10.7. The minimum absolute atomic E-state index is 0.0165. The molecule has 2 heterocycles. The molecule has 0 atom stereocenters. The standard InChI is InChI=1S/C10H12FN3O2/c1-7-5-9(13-16-7)12-10(15)14-4-2-3-8(11)6-14/h3,5H,2,4,6H2,1H3,(H,12,13,15). The minimum Gasteiger partial charge on any atom is -0.360 e. The molecule has 0 saturated carbocycles. The van der Waals surface area contributed by atoms with Crippen LogP contribution < -0.4 is 5.32 Å². The zero-order chi connectivity index (χ0) is 11.5. The van der Waals surface area contributed by atoms with Gasteiger partial charge in [-0.25, -0.2) is 9.18 Å². The zero-order valence-electron chi connectivity index (χ0n) is 8.86. The Morgan fingerprint density at radius 2 is 2.50 bits per heavy atom. The van der Waals surface area contributed by atoms with Crippen LogP contribution >= 0.6 is 0 Å². The third-order valence-corrected chi connectivity index (χ3v) is 2.26. The van der Waals surface area contributed by atoms with Gasteiger partial charge < -0.3 is 9.42 Å². The van der Waals surface area contributed by atoms with Crippen LogP contribution in [0.15, 0.2) is 22.5 Å². The molecule has 2 amide bonds. The van der Waals surface area contributed by atoms with E-state index in [1.807, 2.05) is 0 Å². The fourth-order valence-electron chi connectivity index (χ4n) is 1.49. The van der Waals surface area contributed by atoms with Crippen LogP contribution in [-0.2, 0) is 0 Å². The lowest BCUT2D eigenvalue weighted by Gasteiger charge is -2.23. The molecule has 86 valence electrons. The molecule has 0 unspecified atom stereocenters. The predicted molar refractivity (Wildman–Crippen MR) is 55.6 cm³/mol. The molecule has 1 aromatic heterocycles. The van der Waals surface area contributed by atoms with Gasteiger partial charge in [-0.1, -0.05) is 5.16 Å². The lowest BCUT2D eigenvalue weighted by Crippen LogP contribution is -2.38. The Balaban J connectivity index is 1.96. The summed E-state index contributed by atoms with van der Waals surface area (Å²) in [5.41, 5.74) is 0. The van der Waals surface area contributed by atoms with Crippen molar-refractivity contribution in [2.24, 2.45) is 0 Å². The highest BCUT2D eigenvalue weighted by molar-refractivity contribution is 5.88. The second kappa shape index (κ2) is 4.34. The number of carbonyl (C=O) groups excluding carboxylic acids is 1. The molecule has 1 N–H and O–H groups in total. The molecule has 0 aliphatic carbocycles. The summed E-state index contributed by atoms with van der Waals surface area (Å²) < 4.78 is 17.7. The van der Waals surface area contributed by atoms with Crippen LogP contribution in [0.4, 0.5) is 15.0 Å². The molecule has 5 nitrogen and oxygen atoms in total. The van der Waals surface area contributed by atoms with Crippen LogP contribution in [0.25, 0.3) is 0 Å². The Kier molecular flexibility index (Phi) is 2.89. The number of urea groups is 1. The van der Waals surface area contributed by atoms with Crippen LogP contribution in [0.3, 0.4) is 0 Å². The van der Waals surface area contributed by atoms with Gasteiger partial charge in [-0.15, -0.1) is 0 Å². The van der Waals surface area contributed by atoms with E-state index in [0.717, 1.165) is 0 Å². The maximum atomic E-state index is 12.9. The second-order valence-corrected chi connectivity index (χ2v) is 3.61. The molecule has 1 aromatic rings. The quantitative estimate of drug-likeness (QED) is 0.796. The number of hydrogen-bond donors (Lipinski definition) is 1. The number of hydrogen-bond acceptors (Lipinski definition) is 3. The Morgan fingerprint density at radius 1 is 1.69 bits per heavy atom. The van der Waals surface area contributed by atoms with E-state index >= 15 is 0 Å². The summed E-state index contributed by atoms with van der Waals surface area (Å²) in [4.78, 5) is 13.0. The lowest BCUT2D eigenvalue weighted by molar-refractivity contribution is 0.210. The van der Waals surface area contributed by atoms with E-state index in [9.17, 15) is 9.18 Å². The highest BCUT2D eigenvalue weighted by Gasteiger charge is 2.18. The van der Waals surface area contributed by atoms with Gasteiger partial charge in [0.1, 0.15) is 11.6 Å². The Bertz CT molecular complexity index is 427. The summed E-state index contributed by atoms with van der Waals surface area (Å²) in [6, 6.07) is 1.24. The van der Waals surface area contributed by atoms with Crippen LogP contribution in [0.5, 0.6) is 0 Å². The highest BCUT2D eigenvalue weighted by atomic mass is 19.1. The van der Waals surface area contributed by atoms with Crippen LogP contribution in [0.2, 0.25) is 0 Å².